The highest BCUT2D eigenvalue weighted by atomic mass is 14.9. The number of rotatable bonds is 6. The highest BCUT2D eigenvalue weighted by Gasteiger charge is 2.05. The van der Waals surface area contributed by atoms with Gasteiger partial charge in [0.1, 0.15) is 0 Å². The number of nitrogens with one attached hydrogen (secondary N) is 1. The smallest absolute Gasteiger partial charge is 0.0205 e. The van der Waals surface area contributed by atoms with Crippen molar-refractivity contribution in [1.29, 1.82) is 0 Å². The molecule has 20 heavy (non-hydrogen) atoms. The lowest BCUT2D eigenvalue weighted by atomic mass is 9.98. The van der Waals surface area contributed by atoms with Gasteiger partial charge in [-0.15, -0.1) is 0 Å². The number of hydrogen-bond donors (Lipinski definition) is 1. The Kier molecular flexibility index (Phi) is 5.37. The van der Waals surface area contributed by atoms with Crippen LogP contribution in [0.25, 0.3) is 11.1 Å². The van der Waals surface area contributed by atoms with Crippen molar-refractivity contribution >= 4 is 0 Å². The molecular formula is C19H25N. The van der Waals surface area contributed by atoms with Crippen LogP contribution in [0, 0.1) is 11.8 Å². The van der Waals surface area contributed by atoms with Gasteiger partial charge in [0.2, 0.25) is 0 Å². The first-order chi connectivity index (χ1) is 9.66. The SMILES string of the molecule is CC(C)C(C)CNCc1ccc(-c2ccccc2)cc1. The Morgan fingerprint density at radius 2 is 1.40 bits per heavy atom. The van der Waals surface area contributed by atoms with E-state index in [-0.39, 0.29) is 0 Å². The summed E-state index contributed by atoms with van der Waals surface area (Å²) in [5.41, 5.74) is 3.91. The van der Waals surface area contributed by atoms with Crippen LogP contribution in [-0.2, 0) is 6.54 Å². The quantitative estimate of drug-likeness (QED) is 0.797. The van der Waals surface area contributed by atoms with Crippen molar-refractivity contribution in [2.75, 3.05) is 6.54 Å². The third-order valence-corrected chi connectivity index (χ3v) is 3.99. The molecule has 2 aromatic carbocycles. The lowest BCUT2D eigenvalue weighted by molar-refractivity contribution is 0.392. The van der Waals surface area contributed by atoms with Crippen LogP contribution in [0.5, 0.6) is 0 Å². The third-order valence-electron chi connectivity index (χ3n) is 3.99. The van der Waals surface area contributed by atoms with Crippen molar-refractivity contribution < 1.29 is 0 Å². The predicted octanol–water partition coefficient (Wildman–Crippen LogP) is 4.74. The van der Waals surface area contributed by atoms with Gasteiger partial charge in [-0.1, -0.05) is 75.4 Å². The first-order valence-electron chi connectivity index (χ1n) is 7.52. The highest BCUT2D eigenvalue weighted by molar-refractivity contribution is 5.63. The van der Waals surface area contributed by atoms with Gasteiger partial charge in [0.25, 0.3) is 0 Å². The van der Waals surface area contributed by atoms with Crippen molar-refractivity contribution in [2.24, 2.45) is 11.8 Å². The van der Waals surface area contributed by atoms with E-state index in [2.05, 4.69) is 80.7 Å². The van der Waals surface area contributed by atoms with Crippen molar-refractivity contribution in [3.05, 3.63) is 60.2 Å². The summed E-state index contributed by atoms with van der Waals surface area (Å²) in [5.74, 6) is 1.46. The molecule has 0 aliphatic heterocycles. The van der Waals surface area contributed by atoms with Crippen molar-refractivity contribution in [3.63, 3.8) is 0 Å². The van der Waals surface area contributed by atoms with Gasteiger partial charge in [-0.05, 0) is 35.1 Å². The Bertz CT molecular complexity index is 499. The molecule has 0 amide bonds. The Morgan fingerprint density at radius 1 is 0.800 bits per heavy atom. The van der Waals surface area contributed by atoms with Gasteiger partial charge in [-0.3, -0.25) is 0 Å². The van der Waals surface area contributed by atoms with Crippen molar-refractivity contribution in [2.45, 2.75) is 27.3 Å². The van der Waals surface area contributed by atoms with Crippen molar-refractivity contribution in [1.82, 2.24) is 5.32 Å². The van der Waals surface area contributed by atoms with Crippen LogP contribution in [-0.4, -0.2) is 6.54 Å². The topological polar surface area (TPSA) is 12.0 Å². The molecule has 2 aromatic rings. The van der Waals surface area contributed by atoms with E-state index in [9.17, 15) is 0 Å². The molecule has 0 saturated heterocycles. The van der Waals surface area contributed by atoms with E-state index >= 15 is 0 Å². The molecule has 1 heteroatoms. The average Bonchev–Trinajstić information content (AvgIpc) is 2.48. The van der Waals surface area contributed by atoms with E-state index < -0.39 is 0 Å². The maximum atomic E-state index is 3.54. The molecule has 0 spiro atoms. The van der Waals surface area contributed by atoms with Gasteiger partial charge < -0.3 is 5.32 Å². The predicted molar refractivity (Wildman–Crippen MR) is 87.6 cm³/mol. The lowest BCUT2D eigenvalue weighted by Crippen LogP contribution is -2.23. The molecule has 1 nitrogen and oxygen atoms in total. The monoisotopic (exact) mass is 267 g/mol. The maximum Gasteiger partial charge on any atom is 0.0205 e. The molecule has 1 atom stereocenters. The van der Waals surface area contributed by atoms with E-state index in [4.69, 9.17) is 0 Å². The fourth-order valence-corrected chi connectivity index (χ4v) is 2.13. The summed E-state index contributed by atoms with van der Waals surface area (Å²) in [5, 5.41) is 3.54. The van der Waals surface area contributed by atoms with Gasteiger partial charge >= 0.3 is 0 Å². The Balaban J connectivity index is 1.89. The van der Waals surface area contributed by atoms with E-state index in [1.165, 1.54) is 16.7 Å². The summed E-state index contributed by atoms with van der Waals surface area (Å²) in [6.45, 7) is 8.89. The van der Waals surface area contributed by atoms with Gasteiger partial charge in [0.15, 0.2) is 0 Å². The zero-order valence-corrected chi connectivity index (χ0v) is 12.8. The van der Waals surface area contributed by atoms with Gasteiger partial charge in [-0.2, -0.15) is 0 Å². The molecule has 0 bridgehead atoms. The summed E-state index contributed by atoms with van der Waals surface area (Å²) in [6, 6.07) is 19.4. The standard InChI is InChI=1S/C19H25N/c1-15(2)16(3)13-20-14-17-9-11-19(12-10-17)18-7-5-4-6-8-18/h4-12,15-16,20H,13-14H2,1-3H3. The Labute approximate surface area is 123 Å². The first kappa shape index (κ1) is 14.8. The van der Waals surface area contributed by atoms with E-state index in [1.54, 1.807) is 0 Å². The number of hydrogen-bond acceptors (Lipinski definition) is 1. The molecular weight excluding hydrogens is 242 g/mol. The van der Waals surface area contributed by atoms with Crippen LogP contribution >= 0.6 is 0 Å². The molecule has 106 valence electrons. The van der Waals surface area contributed by atoms with E-state index in [1.807, 2.05) is 0 Å². The maximum absolute atomic E-state index is 3.54. The molecule has 0 aliphatic rings. The van der Waals surface area contributed by atoms with E-state index in [0.717, 1.165) is 24.9 Å². The minimum Gasteiger partial charge on any atom is -0.312 e. The van der Waals surface area contributed by atoms with Crippen molar-refractivity contribution in [3.8, 4) is 11.1 Å². The summed E-state index contributed by atoms with van der Waals surface area (Å²) in [4.78, 5) is 0. The fourth-order valence-electron chi connectivity index (χ4n) is 2.13. The molecule has 0 radical (unpaired) electrons. The van der Waals surface area contributed by atoms with Gasteiger partial charge in [0.05, 0.1) is 0 Å². The average molecular weight is 267 g/mol. The molecule has 0 saturated carbocycles. The minimum absolute atomic E-state index is 0.721. The Hall–Kier alpha value is -1.60. The second-order valence-electron chi connectivity index (χ2n) is 5.92. The molecule has 0 fully saturated rings. The zero-order chi connectivity index (χ0) is 14.4. The molecule has 0 aromatic heterocycles. The Morgan fingerprint density at radius 3 is 2.00 bits per heavy atom. The normalized spacial score (nSPS) is 12.6. The summed E-state index contributed by atoms with van der Waals surface area (Å²) in [7, 11) is 0. The third kappa shape index (κ3) is 4.21. The molecule has 0 aliphatic carbocycles. The van der Waals surface area contributed by atoms with Crippen LogP contribution < -0.4 is 5.32 Å². The summed E-state index contributed by atoms with van der Waals surface area (Å²) < 4.78 is 0. The van der Waals surface area contributed by atoms with E-state index in [0.29, 0.717) is 0 Å². The highest BCUT2D eigenvalue weighted by Crippen LogP contribution is 2.19. The van der Waals surface area contributed by atoms with Gasteiger partial charge in [0, 0.05) is 6.54 Å². The summed E-state index contributed by atoms with van der Waals surface area (Å²) in [6.07, 6.45) is 0. The van der Waals surface area contributed by atoms with Crippen LogP contribution in [0.3, 0.4) is 0 Å². The summed E-state index contributed by atoms with van der Waals surface area (Å²) >= 11 is 0. The van der Waals surface area contributed by atoms with Crippen LogP contribution in [0.1, 0.15) is 26.3 Å². The second kappa shape index (κ2) is 7.25. The first-order valence-corrected chi connectivity index (χ1v) is 7.52. The van der Waals surface area contributed by atoms with Crippen LogP contribution in [0.15, 0.2) is 54.6 Å². The van der Waals surface area contributed by atoms with Gasteiger partial charge in [-0.25, -0.2) is 0 Å². The largest absolute Gasteiger partial charge is 0.312 e. The molecule has 1 unspecified atom stereocenters. The molecule has 2 rings (SSSR count). The van der Waals surface area contributed by atoms with Crippen LogP contribution in [0.4, 0.5) is 0 Å². The molecule has 1 N–H and O–H groups in total. The minimum atomic E-state index is 0.721. The lowest BCUT2D eigenvalue weighted by Gasteiger charge is -2.16. The number of benzene rings is 2. The molecule has 0 heterocycles. The fraction of sp³-hybridized carbons (Fsp3) is 0.368. The second-order valence-corrected chi connectivity index (χ2v) is 5.92. The zero-order valence-electron chi connectivity index (χ0n) is 12.8. The van der Waals surface area contributed by atoms with Crippen LogP contribution in [0.2, 0.25) is 0 Å².